The van der Waals surface area contributed by atoms with Gasteiger partial charge in [0, 0.05) is 25.3 Å². The molecule has 3 heterocycles. The Morgan fingerprint density at radius 2 is 1.89 bits per heavy atom. The Morgan fingerprint density at radius 3 is 2.58 bits per heavy atom. The van der Waals surface area contributed by atoms with Crippen molar-refractivity contribution in [3.05, 3.63) is 64.1 Å². The van der Waals surface area contributed by atoms with Crippen LogP contribution in [0.15, 0.2) is 47.4 Å². The SMILES string of the molecule is CCOC(=O)[C@@H](C)NC(=O)NC1CCN(c2nc3cccnc3n(Cc3ccc(C)cc3)c2=O)CC1. The van der Waals surface area contributed by atoms with Crippen molar-refractivity contribution in [2.24, 2.45) is 0 Å². The Balaban J connectivity index is 1.46. The molecule has 1 aliphatic heterocycles. The second-order valence-electron chi connectivity index (χ2n) is 9.01. The number of benzene rings is 1. The van der Waals surface area contributed by atoms with Gasteiger partial charge in [0.25, 0.3) is 5.56 Å². The lowest BCUT2D eigenvalue weighted by Gasteiger charge is -2.33. The van der Waals surface area contributed by atoms with E-state index in [0.29, 0.717) is 49.5 Å². The number of nitrogens with zero attached hydrogens (tertiary/aromatic N) is 4. The van der Waals surface area contributed by atoms with Gasteiger partial charge in [0.1, 0.15) is 11.6 Å². The molecule has 2 amide bonds. The molecule has 0 aliphatic carbocycles. The molecule has 0 spiro atoms. The number of rotatable bonds is 7. The van der Waals surface area contributed by atoms with Crippen LogP contribution in [-0.4, -0.2) is 58.3 Å². The largest absolute Gasteiger partial charge is 0.464 e. The van der Waals surface area contributed by atoms with Gasteiger partial charge in [-0.15, -0.1) is 0 Å². The minimum atomic E-state index is -0.729. The third-order valence-corrected chi connectivity index (χ3v) is 6.26. The average Bonchev–Trinajstić information content (AvgIpc) is 2.87. The highest BCUT2D eigenvalue weighted by Crippen LogP contribution is 2.19. The standard InChI is InChI=1S/C26H32N6O4/c1-4-36-25(34)18(3)28-26(35)29-20-11-14-31(15-12-20)23-24(33)32(16-19-9-7-17(2)8-10-19)22-21(30-23)6-5-13-27-22/h5-10,13,18,20H,4,11-12,14-16H2,1-3H3,(H2,28,29,35)/t18-/m1/s1. The fourth-order valence-corrected chi connectivity index (χ4v) is 4.28. The van der Waals surface area contributed by atoms with E-state index in [1.807, 2.05) is 48.2 Å². The molecule has 2 N–H and O–H groups in total. The molecule has 0 radical (unpaired) electrons. The molecular formula is C26H32N6O4. The van der Waals surface area contributed by atoms with E-state index in [1.165, 1.54) is 0 Å². The van der Waals surface area contributed by atoms with Crippen LogP contribution in [-0.2, 0) is 16.1 Å². The van der Waals surface area contributed by atoms with Crippen LogP contribution >= 0.6 is 0 Å². The first-order valence-electron chi connectivity index (χ1n) is 12.3. The van der Waals surface area contributed by atoms with E-state index in [2.05, 4.69) is 20.6 Å². The van der Waals surface area contributed by atoms with Crippen LogP contribution in [0.1, 0.15) is 37.8 Å². The number of aromatic nitrogens is 3. The number of ether oxygens (including phenoxy) is 1. The summed E-state index contributed by atoms with van der Waals surface area (Å²) < 4.78 is 6.60. The minimum absolute atomic E-state index is 0.0763. The highest BCUT2D eigenvalue weighted by Gasteiger charge is 2.26. The zero-order valence-corrected chi connectivity index (χ0v) is 20.9. The number of pyridine rings is 1. The molecular weight excluding hydrogens is 460 g/mol. The predicted octanol–water partition coefficient (Wildman–Crippen LogP) is 2.37. The first kappa shape index (κ1) is 25.2. The summed E-state index contributed by atoms with van der Waals surface area (Å²) in [4.78, 5) is 48.6. The molecule has 1 saturated heterocycles. The van der Waals surface area contributed by atoms with Crippen molar-refractivity contribution < 1.29 is 14.3 Å². The summed E-state index contributed by atoms with van der Waals surface area (Å²) in [6.07, 6.45) is 2.95. The smallest absolute Gasteiger partial charge is 0.328 e. The van der Waals surface area contributed by atoms with Gasteiger partial charge in [0.15, 0.2) is 11.5 Å². The van der Waals surface area contributed by atoms with Gasteiger partial charge < -0.3 is 20.3 Å². The quantitative estimate of drug-likeness (QED) is 0.486. The van der Waals surface area contributed by atoms with Crippen molar-refractivity contribution in [1.29, 1.82) is 0 Å². The molecule has 1 aromatic carbocycles. The van der Waals surface area contributed by atoms with E-state index in [0.717, 1.165) is 11.1 Å². The molecule has 10 heteroatoms. The maximum Gasteiger partial charge on any atom is 0.328 e. The molecule has 1 aliphatic rings. The van der Waals surface area contributed by atoms with Crippen molar-refractivity contribution in [2.75, 3.05) is 24.6 Å². The van der Waals surface area contributed by atoms with Gasteiger partial charge >= 0.3 is 12.0 Å². The number of nitrogens with one attached hydrogen (secondary N) is 2. The molecule has 0 bridgehead atoms. The molecule has 2 aromatic heterocycles. The van der Waals surface area contributed by atoms with Crippen LogP contribution < -0.4 is 21.1 Å². The molecule has 4 rings (SSSR count). The lowest BCUT2D eigenvalue weighted by atomic mass is 10.1. The van der Waals surface area contributed by atoms with Gasteiger partial charge in [-0.25, -0.2) is 19.6 Å². The Bertz CT molecular complexity index is 1280. The minimum Gasteiger partial charge on any atom is -0.464 e. The molecule has 36 heavy (non-hydrogen) atoms. The third-order valence-electron chi connectivity index (χ3n) is 6.26. The topological polar surface area (TPSA) is 118 Å². The van der Waals surface area contributed by atoms with Crippen molar-refractivity contribution in [1.82, 2.24) is 25.2 Å². The van der Waals surface area contributed by atoms with Crippen LogP contribution in [0.4, 0.5) is 10.6 Å². The van der Waals surface area contributed by atoms with E-state index in [9.17, 15) is 14.4 Å². The zero-order chi connectivity index (χ0) is 25.7. The fraction of sp³-hybridized carbons (Fsp3) is 0.423. The number of hydrogen-bond donors (Lipinski definition) is 2. The highest BCUT2D eigenvalue weighted by atomic mass is 16.5. The van der Waals surface area contributed by atoms with Crippen LogP contribution in [0.25, 0.3) is 11.2 Å². The van der Waals surface area contributed by atoms with Crippen LogP contribution in [0.3, 0.4) is 0 Å². The number of carbonyl (C=O) groups is 2. The van der Waals surface area contributed by atoms with Crippen LogP contribution in [0, 0.1) is 6.92 Å². The Hall–Kier alpha value is -3.95. The summed E-state index contributed by atoms with van der Waals surface area (Å²) in [5.41, 5.74) is 3.19. The number of hydrogen-bond acceptors (Lipinski definition) is 7. The summed E-state index contributed by atoms with van der Waals surface area (Å²) >= 11 is 0. The Labute approximate surface area is 209 Å². The summed E-state index contributed by atoms with van der Waals surface area (Å²) in [5.74, 6) is -0.0808. The predicted molar refractivity (Wildman–Crippen MR) is 137 cm³/mol. The molecule has 0 unspecified atom stereocenters. The number of fused-ring (bicyclic) bond motifs is 1. The number of anilines is 1. The zero-order valence-electron chi connectivity index (χ0n) is 20.9. The summed E-state index contributed by atoms with van der Waals surface area (Å²) in [6, 6.07) is 10.5. The highest BCUT2D eigenvalue weighted by molar-refractivity contribution is 5.83. The van der Waals surface area contributed by atoms with Gasteiger partial charge in [-0.05, 0) is 51.3 Å². The number of esters is 1. The van der Waals surface area contributed by atoms with Gasteiger partial charge in [-0.1, -0.05) is 29.8 Å². The maximum absolute atomic E-state index is 13.5. The lowest BCUT2D eigenvalue weighted by Crippen LogP contribution is -2.51. The first-order chi connectivity index (χ1) is 17.4. The molecule has 3 aromatic rings. The summed E-state index contributed by atoms with van der Waals surface area (Å²) in [7, 11) is 0. The second kappa shape index (κ2) is 11.2. The average molecular weight is 493 g/mol. The van der Waals surface area contributed by atoms with Crippen molar-refractivity contribution in [2.45, 2.75) is 52.2 Å². The van der Waals surface area contributed by atoms with Crippen LogP contribution in [0.5, 0.6) is 0 Å². The van der Waals surface area contributed by atoms with Gasteiger partial charge in [0.2, 0.25) is 0 Å². The molecule has 10 nitrogen and oxygen atoms in total. The summed E-state index contributed by atoms with van der Waals surface area (Å²) in [5, 5.41) is 5.52. The van der Waals surface area contributed by atoms with Gasteiger partial charge in [0.05, 0.1) is 13.2 Å². The Kier molecular flexibility index (Phi) is 7.82. The third kappa shape index (κ3) is 5.81. The molecule has 190 valence electrons. The van der Waals surface area contributed by atoms with E-state index < -0.39 is 18.0 Å². The second-order valence-corrected chi connectivity index (χ2v) is 9.01. The molecule has 0 saturated carbocycles. The number of piperidine rings is 1. The van der Waals surface area contributed by atoms with E-state index in [-0.39, 0.29) is 18.2 Å². The number of carbonyl (C=O) groups excluding carboxylic acids is 2. The van der Waals surface area contributed by atoms with Crippen LogP contribution in [0.2, 0.25) is 0 Å². The van der Waals surface area contributed by atoms with Gasteiger partial charge in [-0.2, -0.15) is 0 Å². The number of aryl methyl sites for hydroxylation is 1. The van der Waals surface area contributed by atoms with E-state index in [4.69, 9.17) is 4.74 Å². The normalized spacial score (nSPS) is 14.9. The number of urea groups is 1. The first-order valence-corrected chi connectivity index (χ1v) is 12.3. The van der Waals surface area contributed by atoms with Gasteiger partial charge in [-0.3, -0.25) is 9.36 Å². The number of amides is 2. The molecule has 1 atom stereocenters. The van der Waals surface area contributed by atoms with Crippen molar-refractivity contribution in [3.63, 3.8) is 0 Å². The molecule has 1 fully saturated rings. The Morgan fingerprint density at radius 1 is 1.17 bits per heavy atom. The fourth-order valence-electron chi connectivity index (χ4n) is 4.28. The van der Waals surface area contributed by atoms with Crippen molar-refractivity contribution >= 4 is 29.0 Å². The lowest BCUT2D eigenvalue weighted by molar-refractivity contribution is -0.144. The monoisotopic (exact) mass is 492 g/mol. The summed E-state index contributed by atoms with van der Waals surface area (Å²) in [6.45, 7) is 7.13. The maximum atomic E-state index is 13.5. The van der Waals surface area contributed by atoms with E-state index in [1.54, 1.807) is 24.6 Å². The van der Waals surface area contributed by atoms with E-state index >= 15 is 0 Å². The van der Waals surface area contributed by atoms with Crippen molar-refractivity contribution in [3.8, 4) is 0 Å².